The molecule has 5 nitrogen and oxygen atoms in total. The topological polar surface area (TPSA) is 52.8 Å². The summed E-state index contributed by atoms with van der Waals surface area (Å²) in [5.74, 6) is 0.466. The molecule has 2 saturated heterocycles. The minimum absolute atomic E-state index is 0.466. The van der Waals surface area contributed by atoms with Crippen molar-refractivity contribution >= 4 is 5.96 Å². The Kier molecular flexibility index (Phi) is 3.21. The van der Waals surface area contributed by atoms with Crippen molar-refractivity contribution in [3.8, 4) is 0 Å². The van der Waals surface area contributed by atoms with Gasteiger partial charge in [0.1, 0.15) is 0 Å². The van der Waals surface area contributed by atoms with Gasteiger partial charge in [-0.25, -0.2) is 0 Å². The molecule has 2 aliphatic rings. The van der Waals surface area contributed by atoms with Crippen molar-refractivity contribution in [3.63, 3.8) is 0 Å². The fourth-order valence-corrected chi connectivity index (χ4v) is 1.93. The van der Waals surface area contributed by atoms with E-state index < -0.39 is 0 Å². The molecule has 2 N–H and O–H groups in total. The van der Waals surface area contributed by atoms with Crippen molar-refractivity contribution in [1.29, 1.82) is 0 Å². The van der Waals surface area contributed by atoms with Crippen LogP contribution in [0.4, 0.5) is 0 Å². The Balaban J connectivity index is 1.85. The van der Waals surface area contributed by atoms with Crippen LogP contribution in [0.3, 0.4) is 0 Å². The van der Waals surface area contributed by atoms with Crippen LogP contribution in [0.25, 0.3) is 5.41 Å². The Labute approximate surface area is 85.0 Å². The Hall–Kier alpha value is -0.810. The Bertz CT molecular complexity index is 173. The van der Waals surface area contributed by atoms with Crippen LogP contribution in [0.15, 0.2) is 0 Å². The molecule has 0 aliphatic carbocycles. The lowest BCUT2D eigenvalue weighted by Gasteiger charge is -2.45. The molecule has 0 bridgehead atoms. The normalized spacial score (nSPS) is 23.7. The van der Waals surface area contributed by atoms with Crippen LogP contribution in [0.5, 0.6) is 0 Å². The first-order valence-electron chi connectivity index (χ1n) is 5.35. The van der Waals surface area contributed by atoms with E-state index in [-0.39, 0.29) is 0 Å². The van der Waals surface area contributed by atoms with Crippen LogP contribution >= 0.6 is 0 Å². The van der Waals surface area contributed by atoms with E-state index in [1.807, 2.05) is 0 Å². The molecular weight excluding hydrogens is 178 g/mol. The van der Waals surface area contributed by atoms with Crippen LogP contribution in [0.2, 0.25) is 0 Å². The van der Waals surface area contributed by atoms with Gasteiger partial charge in [0.25, 0.3) is 0 Å². The number of guanidine groups is 1. The molecule has 5 heteroatoms. The largest absolute Gasteiger partial charge is 0.424 e. The predicted octanol–water partition coefficient (Wildman–Crippen LogP) is -1.28. The maximum atomic E-state index is 10.0. The Morgan fingerprint density at radius 3 is 1.50 bits per heavy atom. The number of piperazine rings is 2. The summed E-state index contributed by atoms with van der Waals surface area (Å²) in [5.41, 5.74) is 0. The van der Waals surface area contributed by atoms with Crippen molar-refractivity contribution in [2.75, 3.05) is 52.4 Å². The third-order valence-corrected chi connectivity index (χ3v) is 2.80. The average Bonchev–Trinajstić information content (AvgIpc) is 2.30. The van der Waals surface area contributed by atoms with Crippen molar-refractivity contribution in [3.05, 3.63) is 5.41 Å². The minimum Gasteiger partial charge on any atom is -0.424 e. The zero-order chi connectivity index (χ0) is 9.80. The monoisotopic (exact) mass is 196 g/mol. The quantitative estimate of drug-likeness (QED) is 0.374. The SMILES string of the molecule is [N-]=C(N1CCNCC1)N1CCNCC1. The van der Waals surface area contributed by atoms with E-state index in [0.29, 0.717) is 5.96 Å². The molecule has 0 saturated carbocycles. The number of rotatable bonds is 0. The van der Waals surface area contributed by atoms with Crippen molar-refractivity contribution < 1.29 is 0 Å². The van der Waals surface area contributed by atoms with Gasteiger partial charge in [-0.05, 0) is 26.2 Å². The molecule has 2 fully saturated rings. The highest BCUT2D eigenvalue weighted by atomic mass is 15.4. The Morgan fingerprint density at radius 1 is 0.786 bits per heavy atom. The standard InChI is InChI=1S/C9H18N5/c10-9(13-5-1-11-2-6-13)14-7-3-12-4-8-14/h11-12H,1-8H2/q-1. The van der Waals surface area contributed by atoms with Gasteiger partial charge in [-0.1, -0.05) is 0 Å². The fraction of sp³-hybridized carbons (Fsp3) is 0.889. The van der Waals surface area contributed by atoms with E-state index in [1.165, 1.54) is 0 Å². The molecule has 80 valence electrons. The maximum Gasteiger partial charge on any atom is 0.0108 e. The van der Waals surface area contributed by atoms with Gasteiger partial charge in [0.2, 0.25) is 0 Å². The number of nitrogens with zero attached hydrogens (tertiary/aromatic N) is 3. The first-order chi connectivity index (χ1) is 6.88. The zero-order valence-corrected chi connectivity index (χ0v) is 8.50. The highest BCUT2D eigenvalue weighted by Gasteiger charge is 2.12. The van der Waals surface area contributed by atoms with E-state index in [0.717, 1.165) is 52.4 Å². The third kappa shape index (κ3) is 2.16. The molecule has 0 aromatic heterocycles. The molecule has 0 amide bonds. The average molecular weight is 196 g/mol. The minimum atomic E-state index is 0.466. The fourth-order valence-electron chi connectivity index (χ4n) is 1.93. The second-order valence-electron chi connectivity index (χ2n) is 3.77. The molecule has 2 aliphatic heterocycles. The lowest BCUT2D eigenvalue weighted by molar-refractivity contribution is 0.276. The van der Waals surface area contributed by atoms with E-state index in [2.05, 4.69) is 20.4 Å². The van der Waals surface area contributed by atoms with Crippen LogP contribution in [0.1, 0.15) is 0 Å². The van der Waals surface area contributed by atoms with Crippen LogP contribution in [0, 0.1) is 0 Å². The van der Waals surface area contributed by atoms with Gasteiger partial charge < -0.3 is 25.8 Å². The summed E-state index contributed by atoms with van der Waals surface area (Å²) in [7, 11) is 0. The molecule has 2 heterocycles. The molecule has 0 aromatic carbocycles. The second kappa shape index (κ2) is 4.61. The van der Waals surface area contributed by atoms with Crippen LogP contribution in [-0.4, -0.2) is 68.1 Å². The molecule has 0 radical (unpaired) electrons. The molecule has 0 aromatic rings. The predicted molar refractivity (Wildman–Crippen MR) is 57.3 cm³/mol. The van der Waals surface area contributed by atoms with Gasteiger partial charge in [0.15, 0.2) is 0 Å². The molecular formula is C9H18N5-. The van der Waals surface area contributed by atoms with Crippen molar-refractivity contribution in [2.24, 2.45) is 0 Å². The van der Waals surface area contributed by atoms with Gasteiger partial charge in [-0.3, -0.25) is 0 Å². The molecule has 0 unspecified atom stereocenters. The summed E-state index contributed by atoms with van der Waals surface area (Å²) in [6.07, 6.45) is 0. The highest BCUT2D eigenvalue weighted by Crippen LogP contribution is 2.01. The number of hydrogen-bond acceptors (Lipinski definition) is 2. The van der Waals surface area contributed by atoms with E-state index >= 15 is 0 Å². The first kappa shape index (κ1) is 9.73. The first-order valence-corrected chi connectivity index (χ1v) is 5.35. The zero-order valence-electron chi connectivity index (χ0n) is 8.50. The van der Waals surface area contributed by atoms with Gasteiger partial charge in [-0.15, -0.1) is 0 Å². The van der Waals surface area contributed by atoms with E-state index in [9.17, 15) is 5.41 Å². The van der Waals surface area contributed by atoms with E-state index in [1.54, 1.807) is 0 Å². The second-order valence-corrected chi connectivity index (χ2v) is 3.77. The van der Waals surface area contributed by atoms with Crippen molar-refractivity contribution in [2.45, 2.75) is 0 Å². The van der Waals surface area contributed by atoms with Gasteiger partial charge in [0, 0.05) is 32.1 Å². The van der Waals surface area contributed by atoms with Crippen LogP contribution in [-0.2, 0) is 0 Å². The van der Waals surface area contributed by atoms with E-state index in [4.69, 9.17) is 0 Å². The summed E-state index contributed by atoms with van der Waals surface area (Å²) in [6.45, 7) is 7.52. The Morgan fingerprint density at radius 2 is 1.14 bits per heavy atom. The number of hydrogen-bond donors (Lipinski definition) is 2. The lowest BCUT2D eigenvalue weighted by Crippen LogP contribution is -2.55. The summed E-state index contributed by atoms with van der Waals surface area (Å²) >= 11 is 0. The maximum absolute atomic E-state index is 10.0. The summed E-state index contributed by atoms with van der Waals surface area (Å²) in [4.78, 5) is 4.11. The smallest absolute Gasteiger partial charge is 0.0108 e. The number of nitrogens with one attached hydrogen (secondary N) is 2. The molecule has 0 atom stereocenters. The molecule has 0 spiro atoms. The summed E-state index contributed by atoms with van der Waals surface area (Å²) in [5, 5.41) is 16.6. The van der Waals surface area contributed by atoms with Gasteiger partial charge in [0.05, 0.1) is 0 Å². The van der Waals surface area contributed by atoms with Gasteiger partial charge >= 0.3 is 0 Å². The van der Waals surface area contributed by atoms with Crippen LogP contribution < -0.4 is 10.6 Å². The highest BCUT2D eigenvalue weighted by molar-refractivity contribution is 5.83. The van der Waals surface area contributed by atoms with Crippen molar-refractivity contribution in [1.82, 2.24) is 20.4 Å². The third-order valence-electron chi connectivity index (χ3n) is 2.80. The molecule has 14 heavy (non-hydrogen) atoms. The lowest BCUT2D eigenvalue weighted by atomic mass is 10.3. The molecule has 2 rings (SSSR count). The van der Waals surface area contributed by atoms with Gasteiger partial charge in [-0.2, -0.15) is 0 Å². The summed E-state index contributed by atoms with van der Waals surface area (Å²) in [6, 6.07) is 0. The summed E-state index contributed by atoms with van der Waals surface area (Å²) < 4.78 is 0.